The van der Waals surface area contributed by atoms with Crippen molar-refractivity contribution in [3.8, 4) is 11.8 Å². The summed E-state index contributed by atoms with van der Waals surface area (Å²) in [6, 6.07) is 10.2. The predicted molar refractivity (Wildman–Crippen MR) is 105 cm³/mol. The van der Waals surface area contributed by atoms with Crippen molar-refractivity contribution in [2.75, 3.05) is 7.11 Å². The molecule has 1 unspecified atom stereocenters. The van der Waals surface area contributed by atoms with Crippen LogP contribution in [0.2, 0.25) is 0 Å². The molecule has 0 aromatic heterocycles. The van der Waals surface area contributed by atoms with Crippen molar-refractivity contribution in [2.45, 2.75) is 57.5 Å². The first kappa shape index (κ1) is 18.0. The quantitative estimate of drug-likeness (QED) is 0.621. The molecule has 0 heterocycles. The van der Waals surface area contributed by atoms with E-state index in [1.165, 1.54) is 38.5 Å². The fraction of sp³-hybridized carbons (Fsp3) is 0.500. The van der Waals surface area contributed by atoms with Gasteiger partial charge in [0, 0.05) is 18.2 Å². The fourth-order valence-electron chi connectivity index (χ4n) is 4.36. The van der Waals surface area contributed by atoms with Crippen LogP contribution in [-0.2, 0) is 4.74 Å². The molecule has 0 radical (unpaired) electrons. The Bertz CT molecular complexity index is 665. The summed E-state index contributed by atoms with van der Waals surface area (Å²) in [7, 11) is 1.87. The van der Waals surface area contributed by atoms with E-state index < -0.39 is 0 Å². The topological polar surface area (TPSA) is 9.23 Å². The maximum atomic E-state index is 6.04. The predicted octanol–water partition coefficient (Wildman–Crippen LogP) is 5.92. The van der Waals surface area contributed by atoms with Gasteiger partial charge in [0.2, 0.25) is 0 Å². The lowest BCUT2D eigenvalue weighted by atomic mass is 9.70. The highest BCUT2D eigenvalue weighted by molar-refractivity contribution is 5.47. The van der Waals surface area contributed by atoms with E-state index in [0.29, 0.717) is 5.92 Å². The Morgan fingerprint density at radius 2 is 1.84 bits per heavy atom. The number of ether oxygens (including phenoxy) is 1. The van der Waals surface area contributed by atoms with Gasteiger partial charge >= 0.3 is 0 Å². The maximum Gasteiger partial charge on any atom is 0.0924 e. The van der Waals surface area contributed by atoms with Gasteiger partial charge in [-0.15, -0.1) is 0 Å². The summed E-state index contributed by atoms with van der Waals surface area (Å²) in [6.45, 7) is 2.30. The van der Waals surface area contributed by atoms with E-state index in [2.05, 4.69) is 37.0 Å². The summed E-state index contributed by atoms with van der Waals surface area (Å²) in [6.07, 6.45) is 15.7. The number of benzene rings is 1. The lowest BCUT2D eigenvalue weighted by Gasteiger charge is -2.42. The molecule has 0 N–H and O–H groups in total. The molecule has 1 atom stereocenters. The van der Waals surface area contributed by atoms with E-state index in [1.807, 2.05) is 37.4 Å². The highest BCUT2D eigenvalue weighted by Gasteiger charge is 2.39. The highest BCUT2D eigenvalue weighted by Crippen LogP contribution is 2.42. The van der Waals surface area contributed by atoms with Gasteiger partial charge in [-0.1, -0.05) is 74.8 Å². The second-order valence-electron chi connectivity index (χ2n) is 7.48. The van der Waals surface area contributed by atoms with Crippen LogP contribution >= 0.6 is 0 Å². The summed E-state index contributed by atoms with van der Waals surface area (Å²) in [5, 5.41) is 0. The first-order valence-corrected chi connectivity index (χ1v) is 9.77. The van der Waals surface area contributed by atoms with Gasteiger partial charge in [0.1, 0.15) is 0 Å². The summed E-state index contributed by atoms with van der Waals surface area (Å²) < 4.78 is 6.04. The third-order valence-electron chi connectivity index (χ3n) is 5.93. The number of methoxy groups -OCH3 is 1. The molecule has 3 rings (SSSR count). The van der Waals surface area contributed by atoms with Crippen molar-refractivity contribution >= 4 is 0 Å². The van der Waals surface area contributed by atoms with Crippen LogP contribution in [-0.4, -0.2) is 12.7 Å². The third kappa shape index (κ3) is 4.44. The molecule has 1 aromatic carbocycles. The van der Waals surface area contributed by atoms with Crippen LogP contribution in [0.4, 0.5) is 0 Å². The van der Waals surface area contributed by atoms with Crippen LogP contribution in [0.15, 0.2) is 54.1 Å². The van der Waals surface area contributed by atoms with Gasteiger partial charge in [0.25, 0.3) is 0 Å². The van der Waals surface area contributed by atoms with Crippen molar-refractivity contribution in [3.63, 3.8) is 0 Å². The average Bonchev–Trinajstić information content (AvgIpc) is 2.68. The minimum absolute atomic E-state index is 0.116. The second-order valence-corrected chi connectivity index (χ2v) is 7.48. The van der Waals surface area contributed by atoms with Crippen molar-refractivity contribution in [1.29, 1.82) is 0 Å². The van der Waals surface area contributed by atoms with Crippen LogP contribution in [0.25, 0.3) is 0 Å². The van der Waals surface area contributed by atoms with Crippen molar-refractivity contribution in [1.82, 2.24) is 0 Å². The molecular weight excluding hydrogens is 304 g/mol. The van der Waals surface area contributed by atoms with Gasteiger partial charge in [-0.05, 0) is 49.3 Å². The number of hydrogen-bond acceptors (Lipinski definition) is 1. The average molecular weight is 335 g/mol. The fourth-order valence-corrected chi connectivity index (χ4v) is 4.36. The first-order valence-electron chi connectivity index (χ1n) is 9.77. The van der Waals surface area contributed by atoms with Crippen LogP contribution in [0.5, 0.6) is 0 Å². The molecule has 25 heavy (non-hydrogen) atoms. The highest BCUT2D eigenvalue weighted by atomic mass is 16.5. The Balaban J connectivity index is 1.63. The van der Waals surface area contributed by atoms with Crippen LogP contribution in [0.3, 0.4) is 0 Å². The standard InChI is InChI=1S/C24H30O/c1-3-7-20-12-14-23(15-13-20)24(25-2)18-16-22(17-19-24)11-10-21-8-5-4-6-9-21/h4-6,8-9,16-18,20,23H,3,7,12-15,19H2,1-2H3. The molecule has 1 aromatic rings. The van der Waals surface area contributed by atoms with E-state index >= 15 is 0 Å². The van der Waals surface area contributed by atoms with E-state index in [0.717, 1.165) is 23.5 Å². The smallest absolute Gasteiger partial charge is 0.0924 e. The Hall–Kier alpha value is -1.78. The Morgan fingerprint density at radius 3 is 2.44 bits per heavy atom. The number of rotatable bonds is 4. The zero-order valence-corrected chi connectivity index (χ0v) is 15.6. The minimum atomic E-state index is -0.116. The molecule has 0 saturated heterocycles. The zero-order chi connectivity index (χ0) is 17.5. The van der Waals surface area contributed by atoms with E-state index in [1.54, 1.807) is 0 Å². The zero-order valence-electron chi connectivity index (χ0n) is 15.6. The summed E-state index contributed by atoms with van der Waals surface area (Å²) in [5.41, 5.74) is 2.06. The van der Waals surface area contributed by atoms with Gasteiger partial charge in [-0.25, -0.2) is 0 Å². The summed E-state index contributed by atoms with van der Waals surface area (Å²) in [4.78, 5) is 0. The molecule has 132 valence electrons. The maximum absolute atomic E-state index is 6.04. The number of hydrogen-bond donors (Lipinski definition) is 0. The Kier molecular flexibility index (Phi) is 6.16. The SMILES string of the molecule is CCCC1CCC(C2(OC)C=CC(C#Cc3ccccc3)=CC2)CC1. The molecular formula is C24H30O. The molecule has 0 spiro atoms. The Labute approximate surface area is 153 Å². The van der Waals surface area contributed by atoms with Crippen molar-refractivity contribution in [3.05, 3.63) is 59.7 Å². The minimum Gasteiger partial charge on any atom is -0.374 e. The Morgan fingerprint density at radius 1 is 1.08 bits per heavy atom. The molecule has 1 heteroatoms. The van der Waals surface area contributed by atoms with Gasteiger partial charge in [0.15, 0.2) is 0 Å². The van der Waals surface area contributed by atoms with Crippen molar-refractivity contribution < 1.29 is 4.74 Å². The lowest BCUT2D eigenvalue weighted by molar-refractivity contribution is -0.0345. The van der Waals surface area contributed by atoms with Gasteiger partial charge in [-0.2, -0.15) is 0 Å². The van der Waals surface area contributed by atoms with Crippen LogP contribution < -0.4 is 0 Å². The van der Waals surface area contributed by atoms with E-state index in [-0.39, 0.29) is 5.60 Å². The summed E-state index contributed by atoms with van der Waals surface area (Å²) in [5.74, 6) is 8.12. The molecule has 2 aliphatic carbocycles. The lowest BCUT2D eigenvalue weighted by Crippen LogP contribution is -2.40. The molecule has 0 aliphatic heterocycles. The van der Waals surface area contributed by atoms with E-state index in [9.17, 15) is 0 Å². The first-order chi connectivity index (χ1) is 12.3. The molecule has 0 amide bonds. The summed E-state index contributed by atoms with van der Waals surface area (Å²) >= 11 is 0. The van der Waals surface area contributed by atoms with Gasteiger partial charge in [-0.3, -0.25) is 0 Å². The van der Waals surface area contributed by atoms with Crippen LogP contribution in [0.1, 0.15) is 57.4 Å². The molecule has 0 bridgehead atoms. The molecule has 1 nitrogen and oxygen atoms in total. The molecule has 2 aliphatic rings. The van der Waals surface area contributed by atoms with Crippen LogP contribution in [0, 0.1) is 23.7 Å². The largest absolute Gasteiger partial charge is 0.374 e. The monoisotopic (exact) mass is 334 g/mol. The third-order valence-corrected chi connectivity index (χ3v) is 5.93. The van der Waals surface area contributed by atoms with Gasteiger partial charge < -0.3 is 4.74 Å². The van der Waals surface area contributed by atoms with E-state index in [4.69, 9.17) is 4.74 Å². The van der Waals surface area contributed by atoms with Gasteiger partial charge in [0.05, 0.1) is 5.60 Å². The normalized spacial score (nSPS) is 28.8. The number of allylic oxidation sites excluding steroid dienone is 2. The van der Waals surface area contributed by atoms with Crippen molar-refractivity contribution in [2.24, 2.45) is 11.8 Å². The molecule has 1 fully saturated rings. The second kappa shape index (κ2) is 8.54. The molecule has 1 saturated carbocycles.